The topological polar surface area (TPSA) is 80.7 Å². The monoisotopic (exact) mass is 250 g/mol. The maximum Gasteiger partial charge on any atom is 0.316 e. The number of carbonyl (C=O) groups excluding carboxylic acids is 2. The van der Waals surface area contributed by atoms with Gasteiger partial charge in [-0.15, -0.1) is 0 Å². The van der Waals surface area contributed by atoms with Crippen LogP contribution < -0.4 is 0 Å². The van der Waals surface area contributed by atoms with Gasteiger partial charge in [0.1, 0.15) is 12.7 Å². The molecule has 0 atom stereocenters. The van der Waals surface area contributed by atoms with Crippen LogP contribution in [0.4, 0.5) is 0 Å². The number of carbonyl (C=O) groups is 3. The summed E-state index contributed by atoms with van der Waals surface area (Å²) in [6.45, 7) is 0. The first-order chi connectivity index (χ1) is 8.60. The van der Waals surface area contributed by atoms with Crippen molar-refractivity contribution in [2.75, 3.05) is 7.11 Å². The van der Waals surface area contributed by atoms with Crippen LogP contribution in [0, 0.1) is 0 Å². The second-order valence-electron chi connectivity index (χ2n) is 3.05. The van der Waals surface area contributed by atoms with Crippen molar-refractivity contribution in [3.8, 4) is 0 Å². The molecule has 0 bridgehead atoms. The van der Waals surface area contributed by atoms with Gasteiger partial charge in [-0.1, -0.05) is 36.4 Å². The summed E-state index contributed by atoms with van der Waals surface area (Å²) in [5.41, 5.74) is 1.05. The molecule has 1 N–H and O–H groups in total. The van der Waals surface area contributed by atoms with Gasteiger partial charge in [-0.3, -0.25) is 14.4 Å². The Kier molecular flexibility index (Phi) is 8.45. The summed E-state index contributed by atoms with van der Waals surface area (Å²) < 4.78 is 4.04. The quantitative estimate of drug-likeness (QED) is 0.379. The van der Waals surface area contributed by atoms with Crippen molar-refractivity contribution in [2.24, 2.45) is 0 Å². The predicted molar refractivity (Wildman–Crippen MR) is 65.8 cm³/mol. The molecule has 5 heteroatoms. The Bertz CT molecular complexity index is 409. The molecule has 0 aliphatic carbocycles. The zero-order valence-corrected chi connectivity index (χ0v) is 9.91. The third-order valence-electron chi connectivity index (χ3n) is 1.69. The second kappa shape index (κ2) is 9.77. The molecule has 0 aromatic heterocycles. The van der Waals surface area contributed by atoms with Crippen molar-refractivity contribution in [3.63, 3.8) is 0 Å². The third kappa shape index (κ3) is 8.84. The van der Waals surface area contributed by atoms with Crippen molar-refractivity contribution in [1.82, 2.24) is 0 Å². The van der Waals surface area contributed by atoms with E-state index in [2.05, 4.69) is 4.74 Å². The molecule has 0 heterocycles. The number of aldehydes is 1. The van der Waals surface area contributed by atoms with Crippen LogP contribution in [-0.2, 0) is 19.1 Å². The first kappa shape index (κ1) is 15.6. The molecule has 0 unspecified atom stereocenters. The molecular formula is C13H14O5. The molecule has 0 saturated heterocycles. The van der Waals surface area contributed by atoms with Gasteiger partial charge in [-0.25, -0.2) is 0 Å². The van der Waals surface area contributed by atoms with Crippen molar-refractivity contribution < 1.29 is 24.2 Å². The van der Waals surface area contributed by atoms with E-state index in [1.807, 2.05) is 30.3 Å². The van der Waals surface area contributed by atoms with E-state index >= 15 is 0 Å². The third-order valence-corrected chi connectivity index (χ3v) is 1.69. The van der Waals surface area contributed by atoms with Gasteiger partial charge in [-0.05, 0) is 11.6 Å². The molecule has 96 valence electrons. The van der Waals surface area contributed by atoms with Crippen LogP contribution in [0.25, 0.3) is 6.08 Å². The van der Waals surface area contributed by atoms with Crippen LogP contribution in [0.5, 0.6) is 0 Å². The van der Waals surface area contributed by atoms with E-state index < -0.39 is 18.4 Å². The SMILES string of the molecule is COC(=O)CC(=O)O.O=C/C=C\c1ccccc1. The van der Waals surface area contributed by atoms with Gasteiger partial charge < -0.3 is 9.84 Å². The fourth-order valence-corrected chi connectivity index (χ4v) is 0.910. The Hall–Kier alpha value is -2.43. The van der Waals surface area contributed by atoms with Crippen LogP contribution in [0.2, 0.25) is 0 Å². The molecule has 0 aliphatic heterocycles. The number of benzene rings is 1. The summed E-state index contributed by atoms with van der Waals surface area (Å²) in [7, 11) is 1.14. The lowest BCUT2D eigenvalue weighted by molar-refractivity contribution is -0.149. The highest BCUT2D eigenvalue weighted by atomic mass is 16.5. The van der Waals surface area contributed by atoms with Gasteiger partial charge in [0.25, 0.3) is 0 Å². The molecule has 0 radical (unpaired) electrons. The first-order valence-corrected chi connectivity index (χ1v) is 5.05. The number of hydrogen-bond acceptors (Lipinski definition) is 4. The highest BCUT2D eigenvalue weighted by Crippen LogP contribution is 1.99. The molecular weight excluding hydrogens is 236 g/mol. The van der Waals surface area contributed by atoms with Gasteiger partial charge in [0, 0.05) is 0 Å². The Balaban J connectivity index is 0.000000331. The minimum atomic E-state index is -1.17. The van der Waals surface area contributed by atoms with Gasteiger partial charge in [0.05, 0.1) is 7.11 Å². The van der Waals surface area contributed by atoms with E-state index in [0.29, 0.717) is 0 Å². The molecule has 0 saturated carbocycles. The van der Waals surface area contributed by atoms with Gasteiger partial charge in [-0.2, -0.15) is 0 Å². The molecule has 1 aromatic carbocycles. The van der Waals surface area contributed by atoms with E-state index in [0.717, 1.165) is 19.0 Å². The Morgan fingerprint density at radius 3 is 2.28 bits per heavy atom. The number of carboxylic acid groups (broad SMARTS) is 1. The smallest absolute Gasteiger partial charge is 0.316 e. The molecule has 1 aromatic rings. The molecule has 1 rings (SSSR count). The summed E-state index contributed by atoms with van der Waals surface area (Å²) in [6.07, 6.45) is 3.46. The van der Waals surface area contributed by atoms with Gasteiger partial charge >= 0.3 is 11.9 Å². The summed E-state index contributed by atoms with van der Waals surface area (Å²) in [4.78, 5) is 29.6. The highest BCUT2D eigenvalue weighted by molar-refractivity contribution is 5.89. The fourth-order valence-electron chi connectivity index (χ4n) is 0.910. The fraction of sp³-hybridized carbons (Fsp3) is 0.154. The van der Waals surface area contributed by atoms with Crippen LogP contribution in [0.15, 0.2) is 36.4 Å². The van der Waals surface area contributed by atoms with Crippen LogP contribution in [0.3, 0.4) is 0 Å². The van der Waals surface area contributed by atoms with Crippen molar-refractivity contribution in [2.45, 2.75) is 6.42 Å². The van der Waals surface area contributed by atoms with Crippen molar-refractivity contribution in [1.29, 1.82) is 0 Å². The number of hydrogen-bond donors (Lipinski definition) is 1. The van der Waals surface area contributed by atoms with Crippen LogP contribution in [0.1, 0.15) is 12.0 Å². The van der Waals surface area contributed by atoms with E-state index in [1.165, 1.54) is 6.08 Å². The normalized spacial score (nSPS) is 9.17. The van der Waals surface area contributed by atoms with Crippen molar-refractivity contribution >= 4 is 24.3 Å². The molecule has 0 spiro atoms. The Morgan fingerprint density at radius 2 is 1.89 bits per heavy atom. The number of aliphatic carboxylic acids is 1. The zero-order valence-electron chi connectivity index (χ0n) is 9.91. The average molecular weight is 250 g/mol. The number of carboxylic acids is 1. The number of esters is 1. The van der Waals surface area contributed by atoms with Gasteiger partial charge in [0.2, 0.25) is 0 Å². The average Bonchev–Trinajstić information content (AvgIpc) is 2.37. The number of rotatable bonds is 4. The van der Waals surface area contributed by atoms with E-state index in [9.17, 15) is 14.4 Å². The lowest BCUT2D eigenvalue weighted by Crippen LogP contribution is -2.07. The number of methoxy groups -OCH3 is 1. The van der Waals surface area contributed by atoms with Crippen molar-refractivity contribution in [3.05, 3.63) is 42.0 Å². The van der Waals surface area contributed by atoms with E-state index in [1.54, 1.807) is 6.08 Å². The minimum absolute atomic E-state index is 0.559. The highest BCUT2D eigenvalue weighted by Gasteiger charge is 2.04. The second-order valence-corrected chi connectivity index (χ2v) is 3.05. The molecule has 0 fully saturated rings. The lowest BCUT2D eigenvalue weighted by atomic mass is 10.2. The summed E-state index contributed by atoms with van der Waals surface area (Å²) in [5, 5.41) is 7.91. The van der Waals surface area contributed by atoms with Crippen LogP contribution in [-0.4, -0.2) is 30.4 Å². The summed E-state index contributed by atoms with van der Waals surface area (Å²) >= 11 is 0. The van der Waals surface area contributed by atoms with Gasteiger partial charge in [0.15, 0.2) is 0 Å². The molecule has 0 amide bonds. The molecule has 5 nitrogen and oxygen atoms in total. The Morgan fingerprint density at radius 1 is 1.28 bits per heavy atom. The zero-order chi connectivity index (χ0) is 13.8. The number of allylic oxidation sites excluding steroid dienone is 1. The predicted octanol–water partition coefficient (Wildman–Crippen LogP) is 1.53. The van der Waals surface area contributed by atoms with E-state index in [4.69, 9.17) is 5.11 Å². The standard InChI is InChI=1S/C9H8O.C4H6O4/c10-8-4-7-9-5-2-1-3-6-9;1-8-4(7)2-3(5)6/h1-8H;2H2,1H3,(H,5,6)/b7-4-;. The Labute approximate surface area is 105 Å². The molecule has 0 aliphatic rings. The minimum Gasteiger partial charge on any atom is -0.481 e. The number of ether oxygens (including phenoxy) is 1. The maximum absolute atomic E-state index is 10.0. The summed E-state index contributed by atoms with van der Waals surface area (Å²) in [6, 6.07) is 9.70. The molecule has 18 heavy (non-hydrogen) atoms. The maximum atomic E-state index is 10.0. The summed E-state index contributed by atoms with van der Waals surface area (Å²) in [5.74, 6) is -1.89. The lowest BCUT2D eigenvalue weighted by Gasteiger charge is -1.90. The van der Waals surface area contributed by atoms with Crippen LogP contribution >= 0.6 is 0 Å². The first-order valence-electron chi connectivity index (χ1n) is 5.05. The largest absolute Gasteiger partial charge is 0.481 e. The van der Waals surface area contributed by atoms with E-state index in [-0.39, 0.29) is 0 Å².